The summed E-state index contributed by atoms with van der Waals surface area (Å²) in [5, 5.41) is 1.72. The Labute approximate surface area is 193 Å². The highest BCUT2D eigenvalue weighted by molar-refractivity contribution is 7.89. The first-order valence-corrected chi connectivity index (χ1v) is 12.7. The van der Waals surface area contributed by atoms with Crippen molar-refractivity contribution in [2.75, 3.05) is 38.2 Å². The minimum atomic E-state index is -3.89. The van der Waals surface area contributed by atoms with Crippen LogP contribution in [0.25, 0.3) is 11.1 Å². The van der Waals surface area contributed by atoms with E-state index in [1.807, 2.05) is 30.3 Å². The molecule has 0 N–H and O–H groups in total. The number of rotatable bonds is 5. The van der Waals surface area contributed by atoms with Crippen LogP contribution in [0, 0.1) is 13.8 Å². The number of carbonyl (C=O) groups is 1. The van der Waals surface area contributed by atoms with Crippen LogP contribution in [0.5, 0.6) is 0 Å². The number of ether oxygens (including phenoxy) is 1. The van der Waals surface area contributed by atoms with Crippen molar-refractivity contribution in [2.24, 2.45) is 0 Å². The molecule has 0 aliphatic carbocycles. The number of methoxy groups -OCH3 is 1. The van der Waals surface area contributed by atoms with Crippen LogP contribution in [-0.2, 0) is 14.8 Å². The topological polar surface area (TPSA) is 66.9 Å². The number of carbonyl (C=O) groups excluding carboxylic acids is 1. The summed E-state index contributed by atoms with van der Waals surface area (Å²) in [5.41, 5.74) is 4.77. The maximum absolute atomic E-state index is 13.8. The van der Waals surface area contributed by atoms with Crippen LogP contribution in [-0.4, -0.2) is 52.0 Å². The van der Waals surface area contributed by atoms with Gasteiger partial charge in [-0.05, 0) is 36.6 Å². The Morgan fingerprint density at radius 3 is 2.34 bits per heavy atom. The number of esters is 1. The Balaban J connectivity index is 1.66. The maximum Gasteiger partial charge on any atom is 0.349 e. The Morgan fingerprint density at radius 2 is 1.69 bits per heavy atom. The fraction of sp³-hybridized carbons (Fsp3) is 0.292. The molecule has 0 bridgehead atoms. The summed E-state index contributed by atoms with van der Waals surface area (Å²) in [6, 6.07) is 15.6. The average molecular weight is 471 g/mol. The Bertz CT molecular complexity index is 1230. The lowest BCUT2D eigenvalue weighted by Gasteiger charge is -2.36. The molecule has 0 atom stereocenters. The van der Waals surface area contributed by atoms with E-state index in [0.29, 0.717) is 31.7 Å². The van der Waals surface area contributed by atoms with Crippen molar-refractivity contribution >= 4 is 33.0 Å². The molecule has 3 aromatic rings. The fourth-order valence-corrected chi connectivity index (χ4v) is 7.11. The highest BCUT2D eigenvalue weighted by Crippen LogP contribution is 2.38. The molecule has 0 spiro atoms. The number of nitrogens with zero attached hydrogens (tertiary/aromatic N) is 2. The van der Waals surface area contributed by atoms with Gasteiger partial charge in [-0.15, -0.1) is 11.3 Å². The molecule has 1 fully saturated rings. The normalized spacial score (nSPS) is 15.0. The lowest BCUT2D eigenvalue weighted by atomic mass is 10.1. The largest absolute Gasteiger partial charge is 0.465 e. The average Bonchev–Trinajstić information content (AvgIpc) is 3.27. The van der Waals surface area contributed by atoms with E-state index in [1.165, 1.54) is 22.5 Å². The molecule has 0 unspecified atom stereocenters. The van der Waals surface area contributed by atoms with E-state index in [9.17, 15) is 13.2 Å². The molecule has 2 heterocycles. The Morgan fingerprint density at radius 1 is 1.00 bits per heavy atom. The third-order valence-electron chi connectivity index (χ3n) is 5.74. The molecule has 1 aliphatic heterocycles. The van der Waals surface area contributed by atoms with Crippen molar-refractivity contribution < 1.29 is 17.9 Å². The van der Waals surface area contributed by atoms with Crippen LogP contribution in [0.15, 0.2) is 58.8 Å². The molecule has 6 nitrogen and oxygen atoms in total. The summed E-state index contributed by atoms with van der Waals surface area (Å²) >= 11 is 1.10. The van der Waals surface area contributed by atoms with Gasteiger partial charge in [0.1, 0.15) is 9.77 Å². The highest BCUT2D eigenvalue weighted by Gasteiger charge is 2.36. The van der Waals surface area contributed by atoms with Crippen molar-refractivity contribution in [2.45, 2.75) is 18.7 Å². The third kappa shape index (κ3) is 4.18. The van der Waals surface area contributed by atoms with Gasteiger partial charge in [-0.25, -0.2) is 13.2 Å². The van der Waals surface area contributed by atoms with Gasteiger partial charge in [-0.1, -0.05) is 42.5 Å². The van der Waals surface area contributed by atoms with Crippen LogP contribution in [0.1, 0.15) is 20.8 Å². The van der Waals surface area contributed by atoms with E-state index in [-0.39, 0.29) is 9.77 Å². The minimum Gasteiger partial charge on any atom is -0.465 e. The number of anilines is 1. The number of aryl methyl sites for hydroxylation is 2. The molecule has 168 valence electrons. The zero-order valence-corrected chi connectivity index (χ0v) is 20.0. The fourth-order valence-electron chi connectivity index (χ4n) is 4.01. The second-order valence-corrected chi connectivity index (χ2v) is 10.6. The van der Waals surface area contributed by atoms with E-state index < -0.39 is 16.0 Å². The predicted octanol–water partition coefficient (Wildman–Crippen LogP) is 4.33. The smallest absolute Gasteiger partial charge is 0.349 e. The minimum absolute atomic E-state index is 0.0423. The first kappa shape index (κ1) is 22.5. The van der Waals surface area contributed by atoms with Crippen molar-refractivity contribution in [3.63, 3.8) is 0 Å². The summed E-state index contributed by atoms with van der Waals surface area (Å²) in [6.45, 7) is 5.99. The second kappa shape index (κ2) is 9.05. The lowest BCUT2D eigenvalue weighted by Crippen LogP contribution is -2.49. The zero-order valence-electron chi connectivity index (χ0n) is 18.4. The van der Waals surface area contributed by atoms with Crippen molar-refractivity contribution in [1.82, 2.24) is 4.31 Å². The van der Waals surface area contributed by atoms with Crippen LogP contribution >= 0.6 is 11.3 Å². The van der Waals surface area contributed by atoms with E-state index in [4.69, 9.17) is 4.74 Å². The van der Waals surface area contributed by atoms with E-state index in [0.717, 1.165) is 22.6 Å². The number of hydrogen-bond acceptors (Lipinski definition) is 6. The van der Waals surface area contributed by atoms with Crippen molar-refractivity contribution in [3.05, 3.63) is 69.9 Å². The van der Waals surface area contributed by atoms with Gasteiger partial charge in [0.05, 0.1) is 7.11 Å². The Kier molecular flexibility index (Phi) is 6.37. The van der Waals surface area contributed by atoms with Gasteiger partial charge in [-0.3, -0.25) is 0 Å². The first-order chi connectivity index (χ1) is 15.3. The molecule has 1 aliphatic rings. The molecule has 8 heteroatoms. The lowest BCUT2D eigenvalue weighted by molar-refractivity contribution is 0.0602. The third-order valence-corrected chi connectivity index (χ3v) is 8.82. The van der Waals surface area contributed by atoms with Gasteiger partial charge >= 0.3 is 5.97 Å². The van der Waals surface area contributed by atoms with Gasteiger partial charge < -0.3 is 9.64 Å². The molecule has 0 amide bonds. The van der Waals surface area contributed by atoms with Gasteiger partial charge in [0.25, 0.3) is 0 Å². The number of thiophene rings is 1. The Hall–Kier alpha value is -2.68. The SMILES string of the molecule is COC(=O)c1scc(-c2ccccc2)c1S(=O)(=O)N1CCN(c2cc(C)ccc2C)CC1. The van der Waals surface area contributed by atoms with Crippen LogP contribution in [0.3, 0.4) is 0 Å². The number of piperazine rings is 1. The molecule has 2 aromatic carbocycles. The molecule has 0 saturated carbocycles. The molecule has 4 rings (SSSR count). The van der Waals surface area contributed by atoms with Gasteiger partial charge in [0, 0.05) is 42.8 Å². The maximum atomic E-state index is 13.8. The second-order valence-electron chi connectivity index (χ2n) is 7.85. The first-order valence-electron chi connectivity index (χ1n) is 10.4. The molecular weight excluding hydrogens is 444 g/mol. The highest BCUT2D eigenvalue weighted by atomic mass is 32.2. The zero-order chi connectivity index (χ0) is 22.9. The van der Waals surface area contributed by atoms with Crippen LogP contribution < -0.4 is 4.90 Å². The summed E-state index contributed by atoms with van der Waals surface area (Å²) in [5.74, 6) is -0.634. The number of benzene rings is 2. The summed E-state index contributed by atoms with van der Waals surface area (Å²) in [7, 11) is -2.62. The van der Waals surface area contributed by atoms with Gasteiger partial charge in [0.15, 0.2) is 0 Å². The number of sulfonamides is 1. The number of hydrogen-bond donors (Lipinski definition) is 0. The van der Waals surface area contributed by atoms with Crippen molar-refractivity contribution in [1.29, 1.82) is 0 Å². The van der Waals surface area contributed by atoms with Gasteiger partial charge in [-0.2, -0.15) is 4.31 Å². The molecule has 32 heavy (non-hydrogen) atoms. The molecule has 1 aromatic heterocycles. The molecule has 1 saturated heterocycles. The summed E-state index contributed by atoms with van der Waals surface area (Å²) in [6.07, 6.45) is 0. The van der Waals surface area contributed by atoms with Crippen LogP contribution in [0.4, 0.5) is 5.69 Å². The summed E-state index contributed by atoms with van der Waals surface area (Å²) in [4.78, 5) is 14.8. The van der Waals surface area contributed by atoms with E-state index in [2.05, 4.69) is 36.9 Å². The molecular formula is C24H26N2O4S2. The standard InChI is InChI=1S/C24H26N2O4S2/c1-17-9-10-18(2)21(15-17)25-11-13-26(14-12-25)32(28,29)23-20(19-7-5-4-6-8-19)16-31-22(23)24(27)30-3/h4-10,15-16H,11-14H2,1-3H3. The van der Waals surface area contributed by atoms with Gasteiger partial charge in [0.2, 0.25) is 10.0 Å². The monoisotopic (exact) mass is 470 g/mol. The van der Waals surface area contributed by atoms with E-state index >= 15 is 0 Å². The quantitative estimate of drug-likeness (QED) is 0.519. The summed E-state index contributed by atoms with van der Waals surface area (Å²) < 4.78 is 33.9. The van der Waals surface area contributed by atoms with Crippen molar-refractivity contribution in [3.8, 4) is 11.1 Å². The predicted molar refractivity (Wildman–Crippen MR) is 128 cm³/mol. The van der Waals surface area contributed by atoms with Crippen LogP contribution in [0.2, 0.25) is 0 Å². The van der Waals surface area contributed by atoms with E-state index in [1.54, 1.807) is 5.38 Å². The molecule has 0 radical (unpaired) electrons.